The van der Waals surface area contributed by atoms with Crippen molar-refractivity contribution in [3.05, 3.63) is 23.8 Å². The van der Waals surface area contributed by atoms with Crippen LogP contribution in [0.4, 0.5) is 5.69 Å². The van der Waals surface area contributed by atoms with E-state index in [-0.39, 0.29) is 5.41 Å². The largest absolute Gasteiger partial charge is 0.506 e. The third-order valence-corrected chi connectivity index (χ3v) is 4.51. The summed E-state index contributed by atoms with van der Waals surface area (Å²) in [4.78, 5) is 0. The summed E-state index contributed by atoms with van der Waals surface area (Å²) in [7, 11) is 0. The number of anilines is 1. The molecule has 0 radical (unpaired) electrons. The van der Waals surface area contributed by atoms with Crippen molar-refractivity contribution in [1.82, 2.24) is 0 Å². The Kier molecular flexibility index (Phi) is 2.13. The summed E-state index contributed by atoms with van der Waals surface area (Å²) < 4.78 is 0. The topological polar surface area (TPSA) is 32.3 Å². The van der Waals surface area contributed by atoms with Gasteiger partial charge in [0.05, 0.1) is 5.69 Å². The van der Waals surface area contributed by atoms with Gasteiger partial charge < -0.3 is 10.4 Å². The summed E-state index contributed by atoms with van der Waals surface area (Å²) in [6.45, 7) is 2.25. The first kappa shape index (κ1) is 10.0. The number of fused-ring (bicyclic) bond motifs is 2. The summed E-state index contributed by atoms with van der Waals surface area (Å²) in [5.41, 5.74) is 2.61. The van der Waals surface area contributed by atoms with Crippen LogP contribution in [0.1, 0.15) is 44.6 Å². The number of benzene rings is 1. The van der Waals surface area contributed by atoms with Crippen LogP contribution >= 0.6 is 0 Å². The minimum absolute atomic E-state index is 0.284. The first-order valence-electron chi connectivity index (χ1n) is 6.33. The third-order valence-electron chi connectivity index (χ3n) is 4.51. The Hall–Kier alpha value is -1.18. The Balaban J connectivity index is 2.11. The van der Waals surface area contributed by atoms with Crippen LogP contribution in [-0.4, -0.2) is 11.1 Å². The molecule has 1 spiro atoms. The maximum atomic E-state index is 9.90. The van der Waals surface area contributed by atoms with E-state index >= 15 is 0 Å². The molecular formula is C14H19NO. The number of hydrogen-bond donors (Lipinski definition) is 2. The van der Waals surface area contributed by atoms with Gasteiger partial charge in [-0.25, -0.2) is 0 Å². The highest BCUT2D eigenvalue weighted by Crippen LogP contribution is 2.52. The lowest BCUT2D eigenvalue weighted by Gasteiger charge is -2.37. The van der Waals surface area contributed by atoms with Crippen molar-refractivity contribution in [2.45, 2.75) is 50.5 Å². The molecule has 2 aliphatic rings. The van der Waals surface area contributed by atoms with E-state index in [0.717, 1.165) is 5.69 Å². The predicted octanol–water partition coefficient (Wildman–Crippen LogP) is 3.41. The number of rotatable bonds is 0. The first-order valence-corrected chi connectivity index (χ1v) is 6.33. The molecule has 3 rings (SSSR count). The van der Waals surface area contributed by atoms with Crippen molar-refractivity contribution in [2.75, 3.05) is 5.32 Å². The Morgan fingerprint density at radius 3 is 2.75 bits per heavy atom. The molecule has 1 aliphatic heterocycles. The molecule has 2 heteroatoms. The quantitative estimate of drug-likeness (QED) is 0.653. The molecule has 1 unspecified atom stereocenters. The first-order chi connectivity index (χ1) is 7.74. The lowest BCUT2D eigenvalue weighted by Crippen LogP contribution is -2.38. The van der Waals surface area contributed by atoms with E-state index in [1.807, 2.05) is 6.07 Å². The van der Waals surface area contributed by atoms with Gasteiger partial charge in [-0.2, -0.15) is 0 Å². The second-order valence-electron chi connectivity index (χ2n) is 5.28. The molecule has 1 atom stereocenters. The summed E-state index contributed by atoms with van der Waals surface area (Å²) in [5, 5.41) is 13.4. The van der Waals surface area contributed by atoms with Crippen LogP contribution in [0.3, 0.4) is 0 Å². The van der Waals surface area contributed by atoms with E-state index in [1.165, 1.54) is 37.7 Å². The van der Waals surface area contributed by atoms with Gasteiger partial charge in [0.1, 0.15) is 5.75 Å². The van der Waals surface area contributed by atoms with Crippen molar-refractivity contribution >= 4 is 5.69 Å². The highest BCUT2D eigenvalue weighted by atomic mass is 16.3. The number of aromatic hydroxyl groups is 1. The van der Waals surface area contributed by atoms with E-state index in [1.54, 1.807) is 6.07 Å². The van der Waals surface area contributed by atoms with Gasteiger partial charge in [-0.1, -0.05) is 31.4 Å². The fourth-order valence-corrected chi connectivity index (χ4v) is 3.58. The second-order valence-corrected chi connectivity index (χ2v) is 5.28. The van der Waals surface area contributed by atoms with Gasteiger partial charge in [-0.05, 0) is 31.4 Å². The average molecular weight is 217 g/mol. The number of para-hydroxylation sites is 1. The smallest absolute Gasteiger partial charge is 0.138 e. The zero-order valence-corrected chi connectivity index (χ0v) is 9.79. The van der Waals surface area contributed by atoms with E-state index in [9.17, 15) is 5.11 Å². The van der Waals surface area contributed by atoms with Crippen LogP contribution in [0.25, 0.3) is 0 Å². The summed E-state index contributed by atoms with van der Waals surface area (Å²) in [6.07, 6.45) is 6.53. The van der Waals surface area contributed by atoms with Crippen LogP contribution in [0.15, 0.2) is 18.2 Å². The molecule has 0 amide bonds. The van der Waals surface area contributed by atoms with Crippen LogP contribution < -0.4 is 5.32 Å². The zero-order valence-electron chi connectivity index (χ0n) is 9.79. The maximum Gasteiger partial charge on any atom is 0.138 e. The van der Waals surface area contributed by atoms with Gasteiger partial charge in [-0.3, -0.25) is 0 Å². The van der Waals surface area contributed by atoms with Crippen LogP contribution in [0.2, 0.25) is 0 Å². The van der Waals surface area contributed by atoms with Gasteiger partial charge in [-0.15, -0.1) is 0 Å². The van der Waals surface area contributed by atoms with Gasteiger partial charge in [0.25, 0.3) is 0 Å². The Morgan fingerprint density at radius 2 is 2.00 bits per heavy atom. The Labute approximate surface area is 96.7 Å². The summed E-state index contributed by atoms with van der Waals surface area (Å²) in [5.74, 6) is 0.409. The maximum absolute atomic E-state index is 9.90. The molecule has 1 aromatic rings. The van der Waals surface area contributed by atoms with Crippen LogP contribution in [0.5, 0.6) is 5.75 Å². The number of phenols is 1. The highest BCUT2D eigenvalue weighted by molar-refractivity contribution is 5.69. The Bertz CT molecular complexity index is 407. The molecule has 0 saturated heterocycles. The van der Waals surface area contributed by atoms with Crippen molar-refractivity contribution in [1.29, 1.82) is 0 Å². The van der Waals surface area contributed by atoms with Crippen molar-refractivity contribution in [2.24, 2.45) is 0 Å². The Morgan fingerprint density at radius 1 is 1.25 bits per heavy atom. The highest BCUT2D eigenvalue weighted by Gasteiger charge is 2.45. The molecule has 1 heterocycles. The molecule has 0 aromatic heterocycles. The lowest BCUT2D eigenvalue weighted by molar-refractivity contribution is 0.277. The third kappa shape index (κ3) is 1.19. The molecule has 1 fully saturated rings. The normalized spacial score (nSPS) is 26.4. The van der Waals surface area contributed by atoms with Crippen molar-refractivity contribution < 1.29 is 5.11 Å². The summed E-state index contributed by atoms with van der Waals surface area (Å²) >= 11 is 0. The fraction of sp³-hybridized carbons (Fsp3) is 0.571. The molecule has 0 bridgehead atoms. The van der Waals surface area contributed by atoms with Crippen molar-refractivity contribution in [3.8, 4) is 5.75 Å². The van der Waals surface area contributed by atoms with Crippen molar-refractivity contribution in [3.63, 3.8) is 0 Å². The number of phenolic OH excluding ortho intramolecular Hbond substituents is 1. The van der Waals surface area contributed by atoms with Gasteiger partial charge >= 0.3 is 0 Å². The van der Waals surface area contributed by atoms with E-state index < -0.39 is 0 Å². The monoisotopic (exact) mass is 217 g/mol. The molecule has 1 aromatic carbocycles. The standard InChI is InChI=1S/C14H19NO/c1-10-14(8-3-2-4-9-14)11-6-5-7-12(16)13(11)15-10/h5-7,10,15-16H,2-4,8-9H2,1H3. The van der Waals surface area contributed by atoms with E-state index in [0.29, 0.717) is 11.8 Å². The summed E-state index contributed by atoms with van der Waals surface area (Å²) in [6, 6.07) is 6.40. The lowest BCUT2D eigenvalue weighted by atomic mass is 9.67. The zero-order chi connectivity index (χ0) is 11.2. The van der Waals surface area contributed by atoms with Gasteiger partial charge in [0.15, 0.2) is 0 Å². The van der Waals surface area contributed by atoms with Gasteiger partial charge in [0.2, 0.25) is 0 Å². The van der Waals surface area contributed by atoms with Gasteiger partial charge in [0, 0.05) is 11.5 Å². The van der Waals surface area contributed by atoms with Crippen LogP contribution in [-0.2, 0) is 5.41 Å². The van der Waals surface area contributed by atoms with E-state index in [2.05, 4.69) is 18.3 Å². The second kappa shape index (κ2) is 3.41. The molecule has 2 nitrogen and oxygen atoms in total. The number of hydrogen-bond acceptors (Lipinski definition) is 2. The minimum atomic E-state index is 0.284. The number of nitrogens with one attached hydrogen (secondary N) is 1. The van der Waals surface area contributed by atoms with Crippen LogP contribution in [0, 0.1) is 0 Å². The average Bonchev–Trinajstić information content (AvgIpc) is 2.57. The molecule has 1 aliphatic carbocycles. The predicted molar refractivity (Wildman–Crippen MR) is 66.0 cm³/mol. The SMILES string of the molecule is CC1Nc2c(O)cccc2C12CCCCC2. The molecule has 16 heavy (non-hydrogen) atoms. The molecule has 2 N–H and O–H groups in total. The minimum Gasteiger partial charge on any atom is -0.506 e. The van der Waals surface area contributed by atoms with E-state index in [4.69, 9.17) is 0 Å². The fourth-order valence-electron chi connectivity index (χ4n) is 3.58. The molecular weight excluding hydrogens is 198 g/mol. The molecule has 86 valence electrons. The molecule has 1 saturated carbocycles.